The molecule has 3 heterocycles. The van der Waals surface area contributed by atoms with Gasteiger partial charge < -0.3 is 14.4 Å². The average Bonchev–Trinajstić information content (AvgIpc) is 2.97. The van der Waals surface area contributed by atoms with Crippen LogP contribution in [0, 0.1) is 12.3 Å². The highest BCUT2D eigenvalue weighted by Gasteiger charge is 2.36. The number of piperidine rings is 1. The molecule has 0 aromatic carbocycles. The molecule has 160 valence electrons. The quantitative estimate of drug-likeness (QED) is 0.619. The number of fused-ring (bicyclic) bond motifs is 1. The summed E-state index contributed by atoms with van der Waals surface area (Å²) >= 11 is 3.47. The number of hydrogen-bond acceptors (Lipinski definition) is 6. The maximum absolute atomic E-state index is 12.8. The molecule has 0 bridgehead atoms. The first kappa shape index (κ1) is 22.0. The van der Waals surface area contributed by atoms with Crippen LogP contribution in [-0.2, 0) is 14.3 Å². The normalized spacial score (nSPS) is 18.1. The number of rotatable bonds is 4. The lowest BCUT2D eigenvalue weighted by Gasteiger charge is -2.39. The summed E-state index contributed by atoms with van der Waals surface area (Å²) in [5.41, 5.74) is 1.95. The second-order valence-electron chi connectivity index (χ2n) is 9.46. The molecule has 2 aromatic heterocycles. The Morgan fingerprint density at radius 2 is 1.90 bits per heavy atom. The summed E-state index contributed by atoms with van der Waals surface area (Å²) in [6.45, 7) is 14.0. The number of hydrogen-bond donors (Lipinski definition) is 0. The van der Waals surface area contributed by atoms with E-state index in [4.69, 9.17) is 14.5 Å². The first-order valence-electron chi connectivity index (χ1n) is 9.98. The molecule has 1 atom stereocenters. The second-order valence-corrected chi connectivity index (χ2v) is 10.3. The molecule has 7 nitrogen and oxygen atoms in total. The lowest BCUT2D eigenvalue weighted by atomic mass is 9.82. The average molecular weight is 467 g/mol. The summed E-state index contributed by atoms with van der Waals surface area (Å²) in [5.74, 6) is 0.419. The van der Waals surface area contributed by atoms with Gasteiger partial charge in [-0.05, 0) is 61.9 Å². The van der Waals surface area contributed by atoms with Gasteiger partial charge in [-0.2, -0.15) is 9.61 Å². The first-order valence-corrected chi connectivity index (χ1v) is 10.8. The number of anilines is 1. The molecular formula is C21H31BrN4O3. The Morgan fingerprint density at radius 3 is 2.45 bits per heavy atom. The van der Waals surface area contributed by atoms with Gasteiger partial charge in [0.05, 0.1) is 18.3 Å². The Bertz CT molecular complexity index is 907. The molecule has 0 unspecified atom stereocenters. The first-order chi connectivity index (χ1) is 13.4. The van der Waals surface area contributed by atoms with Gasteiger partial charge in [0.15, 0.2) is 11.8 Å². The predicted molar refractivity (Wildman–Crippen MR) is 116 cm³/mol. The van der Waals surface area contributed by atoms with Crippen LogP contribution in [0.25, 0.3) is 5.65 Å². The lowest BCUT2D eigenvalue weighted by molar-refractivity contribution is -0.164. The summed E-state index contributed by atoms with van der Waals surface area (Å²) in [6, 6.07) is 1.88. The number of esters is 1. The van der Waals surface area contributed by atoms with E-state index in [-0.39, 0.29) is 0 Å². The molecule has 1 fully saturated rings. The summed E-state index contributed by atoms with van der Waals surface area (Å²) < 4.78 is 13.8. The summed E-state index contributed by atoms with van der Waals surface area (Å²) in [5, 5.41) is 4.61. The summed E-state index contributed by atoms with van der Waals surface area (Å²) in [7, 11) is 1.39. The lowest BCUT2D eigenvalue weighted by Crippen LogP contribution is -2.40. The highest BCUT2D eigenvalue weighted by atomic mass is 79.9. The minimum atomic E-state index is -0.884. The second kappa shape index (κ2) is 7.87. The van der Waals surface area contributed by atoms with Gasteiger partial charge in [-0.15, -0.1) is 0 Å². The van der Waals surface area contributed by atoms with Crippen molar-refractivity contribution in [2.45, 2.75) is 66.1 Å². The molecule has 0 N–H and O–H groups in total. The van der Waals surface area contributed by atoms with Crippen LogP contribution in [0.3, 0.4) is 0 Å². The Kier molecular flexibility index (Phi) is 5.98. The Hall–Kier alpha value is -1.67. The molecular weight excluding hydrogens is 436 g/mol. The fraction of sp³-hybridized carbons (Fsp3) is 0.667. The maximum atomic E-state index is 12.8. The van der Waals surface area contributed by atoms with E-state index >= 15 is 0 Å². The van der Waals surface area contributed by atoms with Crippen molar-refractivity contribution >= 4 is 33.4 Å². The van der Waals surface area contributed by atoms with E-state index in [1.165, 1.54) is 7.11 Å². The highest BCUT2D eigenvalue weighted by Crippen LogP contribution is 2.39. The van der Waals surface area contributed by atoms with E-state index in [2.05, 4.69) is 39.8 Å². The summed E-state index contributed by atoms with van der Waals surface area (Å²) in [4.78, 5) is 19.8. The van der Waals surface area contributed by atoms with E-state index < -0.39 is 17.7 Å². The Morgan fingerprint density at radius 1 is 1.28 bits per heavy atom. The van der Waals surface area contributed by atoms with Gasteiger partial charge in [-0.1, -0.05) is 13.8 Å². The van der Waals surface area contributed by atoms with Crippen molar-refractivity contribution in [2.75, 3.05) is 25.1 Å². The molecule has 0 radical (unpaired) electrons. The van der Waals surface area contributed by atoms with E-state index in [0.717, 1.165) is 48.7 Å². The molecule has 29 heavy (non-hydrogen) atoms. The number of halogens is 1. The number of carbonyl (C=O) groups is 1. The zero-order valence-corrected chi connectivity index (χ0v) is 20.0. The van der Waals surface area contributed by atoms with Crippen LogP contribution in [0.5, 0.6) is 0 Å². The van der Waals surface area contributed by atoms with Gasteiger partial charge in [0.25, 0.3) is 0 Å². The van der Waals surface area contributed by atoms with Crippen LogP contribution in [-0.4, -0.2) is 46.4 Å². The number of aryl methyl sites for hydroxylation is 1. The summed E-state index contributed by atoms with van der Waals surface area (Å²) in [6.07, 6.45) is 1.23. The monoisotopic (exact) mass is 466 g/mol. The number of carbonyl (C=O) groups excluding carboxylic acids is 1. The zero-order chi connectivity index (χ0) is 21.6. The highest BCUT2D eigenvalue weighted by molar-refractivity contribution is 9.10. The van der Waals surface area contributed by atoms with Crippen molar-refractivity contribution < 1.29 is 14.3 Å². The van der Waals surface area contributed by atoms with E-state index in [9.17, 15) is 4.79 Å². The minimum Gasteiger partial charge on any atom is -0.467 e. The van der Waals surface area contributed by atoms with Crippen LogP contribution in [0.4, 0.5) is 5.82 Å². The fourth-order valence-electron chi connectivity index (χ4n) is 3.71. The van der Waals surface area contributed by atoms with Crippen molar-refractivity contribution in [3.8, 4) is 0 Å². The standard InChI is InChI=1S/C21H31BrN4O3/c1-13-16(17(19(27)28-7)29-20(2,3)4)18(25-10-8-21(5,6)9-11-25)26-15(23-13)12-14(22)24-26/h12,17H,8-11H2,1-7H3/t17-/m0/s1. The number of methoxy groups -OCH3 is 1. The molecule has 0 saturated carbocycles. The van der Waals surface area contributed by atoms with Gasteiger partial charge in [0, 0.05) is 24.8 Å². The number of ether oxygens (including phenoxy) is 2. The zero-order valence-electron chi connectivity index (χ0n) is 18.4. The van der Waals surface area contributed by atoms with Gasteiger partial charge in [0.2, 0.25) is 0 Å². The largest absolute Gasteiger partial charge is 0.467 e. The van der Waals surface area contributed by atoms with E-state index in [1.807, 2.05) is 38.3 Å². The van der Waals surface area contributed by atoms with Crippen LogP contribution in [0.1, 0.15) is 64.8 Å². The molecule has 1 saturated heterocycles. The topological polar surface area (TPSA) is 69.0 Å². The Labute approximate surface area is 180 Å². The van der Waals surface area contributed by atoms with Crippen molar-refractivity contribution in [2.24, 2.45) is 5.41 Å². The molecule has 0 spiro atoms. The Balaban J connectivity index is 2.21. The third-order valence-electron chi connectivity index (χ3n) is 5.34. The van der Waals surface area contributed by atoms with Gasteiger partial charge >= 0.3 is 5.97 Å². The fourth-order valence-corrected chi connectivity index (χ4v) is 4.07. The van der Waals surface area contributed by atoms with Crippen molar-refractivity contribution in [3.63, 3.8) is 0 Å². The maximum Gasteiger partial charge on any atom is 0.339 e. The third kappa shape index (κ3) is 4.74. The van der Waals surface area contributed by atoms with Crippen molar-refractivity contribution in [3.05, 3.63) is 21.9 Å². The van der Waals surface area contributed by atoms with Crippen molar-refractivity contribution in [1.82, 2.24) is 14.6 Å². The van der Waals surface area contributed by atoms with Gasteiger partial charge in [0.1, 0.15) is 10.4 Å². The molecule has 0 amide bonds. The number of nitrogens with zero attached hydrogens (tertiary/aromatic N) is 4. The van der Waals surface area contributed by atoms with Gasteiger partial charge in [-0.25, -0.2) is 9.78 Å². The van der Waals surface area contributed by atoms with E-state index in [1.54, 1.807) is 0 Å². The van der Waals surface area contributed by atoms with E-state index in [0.29, 0.717) is 10.0 Å². The third-order valence-corrected chi connectivity index (χ3v) is 5.73. The molecule has 3 rings (SSSR count). The minimum absolute atomic E-state index is 0.298. The van der Waals surface area contributed by atoms with Crippen LogP contribution in [0.2, 0.25) is 0 Å². The van der Waals surface area contributed by atoms with Crippen molar-refractivity contribution in [1.29, 1.82) is 0 Å². The number of aromatic nitrogens is 3. The molecule has 2 aromatic rings. The van der Waals surface area contributed by atoms with Crippen LogP contribution < -0.4 is 4.90 Å². The van der Waals surface area contributed by atoms with Crippen LogP contribution >= 0.6 is 15.9 Å². The van der Waals surface area contributed by atoms with Gasteiger partial charge in [-0.3, -0.25) is 0 Å². The molecule has 1 aliphatic heterocycles. The predicted octanol–water partition coefficient (Wildman–Crippen LogP) is 4.46. The molecule has 1 aliphatic rings. The smallest absolute Gasteiger partial charge is 0.339 e. The molecule has 0 aliphatic carbocycles. The van der Waals surface area contributed by atoms with Crippen LogP contribution in [0.15, 0.2) is 10.7 Å². The molecule has 8 heteroatoms. The SMILES string of the molecule is COC(=O)[C@@H](OC(C)(C)C)c1c(C)nc2cc(Br)nn2c1N1CCC(C)(C)CC1.